The van der Waals surface area contributed by atoms with Gasteiger partial charge in [-0.2, -0.15) is 0 Å². The molecule has 0 fully saturated rings. The van der Waals surface area contributed by atoms with Crippen molar-refractivity contribution in [3.05, 3.63) is 57.2 Å². The lowest BCUT2D eigenvalue weighted by Gasteiger charge is -2.36. The molecular weight excluding hydrogens is 422 g/mol. The minimum Gasteiger partial charge on any atom is -0.463 e. The van der Waals surface area contributed by atoms with E-state index in [4.69, 9.17) is 16.3 Å². The number of nitrogens with zero attached hydrogens (tertiary/aromatic N) is 2. The average molecular weight is 448 g/mol. The van der Waals surface area contributed by atoms with E-state index in [-0.39, 0.29) is 25.0 Å². The van der Waals surface area contributed by atoms with Gasteiger partial charge in [0, 0.05) is 16.8 Å². The standard InChI is InChI=1S/C22H26ClN3O3S/c1-5-13(3)24-18(27)11-15-12-30-22-25-14(4)19(21(28)29-6-2)20(26(15)22)16-9-7-8-10-17(16)23/h7-10,12-13,20H,5-6,11H2,1-4H3,(H,24,27)/t13-,20+/m0/s1. The molecule has 160 valence electrons. The topological polar surface area (TPSA) is 71.0 Å². The predicted octanol–water partition coefficient (Wildman–Crippen LogP) is 4.78. The number of hydrogen-bond donors (Lipinski definition) is 1. The number of halogens is 1. The summed E-state index contributed by atoms with van der Waals surface area (Å²) in [5, 5.41) is 6.17. The minimum absolute atomic E-state index is 0.0701. The normalized spacial score (nSPS) is 19.1. The molecule has 0 aromatic heterocycles. The van der Waals surface area contributed by atoms with Crippen LogP contribution in [0.15, 0.2) is 51.6 Å². The second kappa shape index (κ2) is 9.71. The number of carbonyl (C=O) groups excluding carboxylic acids is 2. The molecule has 1 aromatic carbocycles. The van der Waals surface area contributed by atoms with E-state index >= 15 is 0 Å². The van der Waals surface area contributed by atoms with E-state index in [0.717, 1.165) is 22.8 Å². The number of ether oxygens (including phenoxy) is 1. The van der Waals surface area contributed by atoms with Crippen molar-refractivity contribution in [2.24, 2.45) is 4.99 Å². The van der Waals surface area contributed by atoms with Gasteiger partial charge in [-0.1, -0.05) is 48.5 Å². The number of amides is 1. The number of hydrogen-bond acceptors (Lipinski definition) is 6. The third-order valence-electron chi connectivity index (χ3n) is 5.06. The maximum absolute atomic E-state index is 12.9. The largest absolute Gasteiger partial charge is 0.463 e. The van der Waals surface area contributed by atoms with E-state index in [1.54, 1.807) is 19.9 Å². The summed E-state index contributed by atoms with van der Waals surface area (Å²) >= 11 is 7.98. The van der Waals surface area contributed by atoms with Crippen LogP contribution in [0.3, 0.4) is 0 Å². The van der Waals surface area contributed by atoms with Crippen molar-refractivity contribution in [3.63, 3.8) is 0 Å². The Morgan fingerprint density at radius 1 is 1.33 bits per heavy atom. The Bertz CT molecular complexity index is 941. The smallest absolute Gasteiger partial charge is 0.338 e. The summed E-state index contributed by atoms with van der Waals surface area (Å²) in [5.41, 5.74) is 2.57. The number of esters is 1. The third-order valence-corrected chi connectivity index (χ3v) is 6.29. The highest BCUT2D eigenvalue weighted by atomic mass is 35.5. The molecule has 2 heterocycles. The van der Waals surface area contributed by atoms with Gasteiger partial charge >= 0.3 is 5.97 Å². The third kappa shape index (κ3) is 4.57. The molecule has 30 heavy (non-hydrogen) atoms. The highest BCUT2D eigenvalue weighted by molar-refractivity contribution is 8.16. The van der Waals surface area contributed by atoms with Crippen LogP contribution in [-0.2, 0) is 14.3 Å². The van der Waals surface area contributed by atoms with Gasteiger partial charge in [0.1, 0.15) is 0 Å². The highest BCUT2D eigenvalue weighted by Gasteiger charge is 2.41. The molecule has 2 aliphatic rings. The molecule has 1 amide bonds. The van der Waals surface area contributed by atoms with Crippen molar-refractivity contribution in [1.29, 1.82) is 0 Å². The summed E-state index contributed by atoms with van der Waals surface area (Å²) in [4.78, 5) is 32.0. The number of benzene rings is 1. The molecule has 0 aliphatic carbocycles. The lowest BCUT2D eigenvalue weighted by atomic mass is 9.93. The van der Waals surface area contributed by atoms with Crippen LogP contribution < -0.4 is 5.32 Å². The van der Waals surface area contributed by atoms with Crippen molar-refractivity contribution >= 4 is 40.4 Å². The Hall–Kier alpha value is -2.25. The van der Waals surface area contributed by atoms with Crippen LogP contribution in [-0.4, -0.2) is 34.6 Å². The number of aliphatic imine (C=N–C) groups is 1. The molecule has 0 saturated carbocycles. The Balaban J connectivity index is 2.02. The fourth-order valence-electron chi connectivity index (χ4n) is 3.42. The Morgan fingerprint density at radius 3 is 2.73 bits per heavy atom. The van der Waals surface area contributed by atoms with E-state index in [1.165, 1.54) is 11.8 Å². The van der Waals surface area contributed by atoms with Crippen molar-refractivity contribution in [2.75, 3.05) is 6.61 Å². The van der Waals surface area contributed by atoms with Gasteiger partial charge in [-0.05, 0) is 44.2 Å². The molecule has 6 nitrogen and oxygen atoms in total. The van der Waals surface area contributed by atoms with Gasteiger partial charge < -0.3 is 15.0 Å². The van der Waals surface area contributed by atoms with Crippen LogP contribution in [0.5, 0.6) is 0 Å². The number of nitrogens with one attached hydrogen (secondary N) is 1. The van der Waals surface area contributed by atoms with Gasteiger partial charge in [-0.15, -0.1) is 0 Å². The van der Waals surface area contributed by atoms with Crippen LogP contribution in [0.4, 0.5) is 0 Å². The van der Waals surface area contributed by atoms with E-state index < -0.39 is 12.0 Å². The van der Waals surface area contributed by atoms with Crippen LogP contribution in [0.2, 0.25) is 5.02 Å². The van der Waals surface area contributed by atoms with Gasteiger partial charge in [0.05, 0.1) is 30.3 Å². The zero-order chi connectivity index (χ0) is 21.8. The monoisotopic (exact) mass is 447 g/mol. The predicted molar refractivity (Wildman–Crippen MR) is 121 cm³/mol. The fourth-order valence-corrected chi connectivity index (χ4v) is 4.63. The first-order valence-corrected chi connectivity index (χ1v) is 11.3. The van der Waals surface area contributed by atoms with Crippen molar-refractivity contribution in [2.45, 2.75) is 52.6 Å². The Morgan fingerprint density at radius 2 is 2.07 bits per heavy atom. The molecular formula is C22H26ClN3O3S. The molecule has 2 atom stereocenters. The maximum atomic E-state index is 12.9. The first-order valence-electron chi connectivity index (χ1n) is 10.0. The summed E-state index contributed by atoms with van der Waals surface area (Å²) in [6.45, 7) is 7.83. The van der Waals surface area contributed by atoms with Crippen LogP contribution in [0, 0.1) is 0 Å². The van der Waals surface area contributed by atoms with E-state index in [9.17, 15) is 9.59 Å². The zero-order valence-electron chi connectivity index (χ0n) is 17.6. The van der Waals surface area contributed by atoms with Crippen molar-refractivity contribution in [1.82, 2.24) is 10.2 Å². The first-order chi connectivity index (χ1) is 14.4. The lowest BCUT2D eigenvalue weighted by molar-refractivity contribution is -0.139. The van der Waals surface area contributed by atoms with Crippen LogP contribution in [0.1, 0.15) is 52.1 Å². The number of thioether (sulfide) groups is 1. The van der Waals surface area contributed by atoms with Crippen LogP contribution in [0.25, 0.3) is 0 Å². The second-order valence-corrected chi connectivity index (χ2v) is 8.43. The van der Waals surface area contributed by atoms with E-state index in [0.29, 0.717) is 16.3 Å². The SMILES string of the molecule is CCOC(=O)C1=C(C)N=C2SC=C(CC(=O)N[C@@H](C)CC)N2[C@@H]1c1ccccc1Cl. The minimum atomic E-state index is -0.511. The van der Waals surface area contributed by atoms with E-state index in [2.05, 4.69) is 10.3 Å². The highest BCUT2D eigenvalue weighted by Crippen LogP contribution is 2.46. The molecule has 1 aromatic rings. The lowest BCUT2D eigenvalue weighted by Crippen LogP contribution is -2.39. The van der Waals surface area contributed by atoms with Crippen molar-refractivity contribution < 1.29 is 14.3 Å². The second-order valence-electron chi connectivity index (χ2n) is 7.19. The molecule has 0 bridgehead atoms. The molecule has 3 rings (SSSR count). The number of rotatable bonds is 7. The van der Waals surface area contributed by atoms with Gasteiger partial charge in [-0.3, -0.25) is 4.79 Å². The zero-order valence-corrected chi connectivity index (χ0v) is 19.1. The number of fused-ring (bicyclic) bond motifs is 1. The van der Waals surface area contributed by atoms with E-state index in [1.807, 2.05) is 42.4 Å². The van der Waals surface area contributed by atoms with Crippen LogP contribution >= 0.6 is 23.4 Å². The fraction of sp³-hybridized carbons (Fsp3) is 0.409. The number of amidine groups is 1. The Kier molecular flexibility index (Phi) is 7.26. The summed E-state index contributed by atoms with van der Waals surface area (Å²) in [5.74, 6) is -0.498. The number of allylic oxidation sites excluding steroid dienone is 1. The van der Waals surface area contributed by atoms with Gasteiger partial charge in [0.25, 0.3) is 0 Å². The van der Waals surface area contributed by atoms with Gasteiger partial charge in [0.15, 0.2) is 5.17 Å². The summed E-state index contributed by atoms with van der Waals surface area (Å²) in [7, 11) is 0. The summed E-state index contributed by atoms with van der Waals surface area (Å²) in [6, 6.07) is 7.00. The molecule has 0 unspecified atom stereocenters. The number of carbonyl (C=O) groups is 2. The first kappa shape index (κ1) is 22.4. The average Bonchev–Trinajstić information content (AvgIpc) is 3.09. The molecule has 8 heteroatoms. The summed E-state index contributed by atoms with van der Waals surface area (Å²) in [6.07, 6.45) is 1.04. The van der Waals surface area contributed by atoms with Crippen molar-refractivity contribution in [3.8, 4) is 0 Å². The molecule has 1 N–H and O–H groups in total. The van der Waals surface area contributed by atoms with Gasteiger partial charge in [0.2, 0.25) is 5.91 Å². The van der Waals surface area contributed by atoms with Gasteiger partial charge in [-0.25, -0.2) is 9.79 Å². The molecule has 0 saturated heterocycles. The quantitative estimate of drug-likeness (QED) is 0.609. The molecule has 0 radical (unpaired) electrons. The summed E-state index contributed by atoms with van der Waals surface area (Å²) < 4.78 is 5.33. The Labute approximate surface area is 186 Å². The maximum Gasteiger partial charge on any atom is 0.338 e. The molecule has 0 spiro atoms. The molecule has 2 aliphatic heterocycles.